The van der Waals surface area contributed by atoms with Gasteiger partial charge in [0.15, 0.2) is 12.8 Å². The Kier molecular flexibility index (Phi) is 5.66. The van der Waals surface area contributed by atoms with E-state index in [4.69, 9.17) is 4.74 Å². The number of hydrogen-bond donors (Lipinski definition) is 0. The first-order chi connectivity index (χ1) is 15.8. The molecule has 1 aliphatic heterocycles. The lowest BCUT2D eigenvalue weighted by Crippen LogP contribution is -2.29. The summed E-state index contributed by atoms with van der Waals surface area (Å²) < 4.78 is 5.59. The second-order valence-electron chi connectivity index (χ2n) is 7.35. The Bertz CT molecular complexity index is 1330. The number of nitrogens with zero attached hydrogens (tertiary/aromatic N) is 2. The van der Waals surface area contributed by atoms with E-state index in [1.807, 2.05) is 0 Å². The van der Waals surface area contributed by atoms with E-state index in [-0.39, 0.29) is 29.1 Å². The summed E-state index contributed by atoms with van der Waals surface area (Å²) in [6, 6.07) is 16.5. The maximum absolute atomic E-state index is 13.0. The van der Waals surface area contributed by atoms with Gasteiger partial charge < -0.3 is 4.74 Å². The maximum atomic E-state index is 13.0. The second kappa shape index (κ2) is 8.58. The molecule has 164 valence electrons. The maximum Gasteiger partial charge on any atom is 0.338 e. The van der Waals surface area contributed by atoms with Gasteiger partial charge in [-0.25, -0.2) is 9.69 Å². The molecule has 8 heteroatoms. The van der Waals surface area contributed by atoms with E-state index in [9.17, 15) is 24.1 Å². The van der Waals surface area contributed by atoms with E-state index < -0.39 is 17.8 Å². The fraction of sp³-hybridized carbons (Fsp3) is 0.120. The Morgan fingerprint density at radius 2 is 1.48 bits per heavy atom. The molecule has 33 heavy (non-hydrogen) atoms. The summed E-state index contributed by atoms with van der Waals surface area (Å²) in [5, 5.41) is 0. The minimum atomic E-state index is -0.568. The fourth-order valence-electron chi connectivity index (χ4n) is 3.59. The number of rotatable bonds is 6. The number of ether oxygens (including phenoxy) is 1. The molecule has 0 atom stereocenters. The van der Waals surface area contributed by atoms with Gasteiger partial charge in [-0.05, 0) is 43.3 Å². The number of ketones is 1. The summed E-state index contributed by atoms with van der Waals surface area (Å²) in [6.45, 7) is 1.93. The zero-order valence-electron chi connectivity index (χ0n) is 17.9. The van der Waals surface area contributed by atoms with Crippen LogP contribution in [-0.4, -0.2) is 42.0 Å². The summed E-state index contributed by atoms with van der Waals surface area (Å²) >= 11 is 0. The van der Waals surface area contributed by atoms with Crippen molar-refractivity contribution in [1.29, 1.82) is 0 Å². The number of amides is 2. The summed E-state index contributed by atoms with van der Waals surface area (Å²) in [4.78, 5) is 63.3. The molecule has 1 heterocycles. The number of anilines is 1. The summed E-state index contributed by atoms with van der Waals surface area (Å²) in [5.41, 5.74) is 1.73. The van der Waals surface area contributed by atoms with Gasteiger partial charge in [-0.3, -0.25) is 14.4 Å². The molecule has 0 fully saturated rings. The predicted molar refractivity (Wildman–Crippen MR) is 119 cm³/mol. The molecule has 8 nitrogen and oxygen atoms in total. The van der Waals surface area contributed by atoms with Crippen molar-refractivity contribution in [3.05, 3.63) is 99.5 Å². The largest absolute Gasteiger partial charge is 0.462 e. The molecular formula is C25H19N2O6+. The third-order valence-electron chi connectivity index (χ3n) is 5.26. The topological polar surface area (TPSA) is 101 Å². The second-order valence-corrected chi connectivity index (χ2v) is 7.35. The lowest BCUT2D eigenvalue weighted by Gasteiger charge is -2.14. The van der Waals surface area contributed by atoms with Crippen LogP contribution in [0.2, 0.25) is 0 Å². The molecule has 0 aliphatic carbocycles. The Morgan fingerprint density at radius 1 is 0.848 bits per heavy atom. The Hall–Kier alpha value is -4.46. The van der Waals surface area contributed by atoms with Crippen LogP contribution >= 0.6 is 0 Å². The predicted octanol–water partition coefficient (Wildman–Crippen LogP) is 3.94. The number of nitroso groups, excluding NO2 is 1. The standard InChI is InChI=1S/C25H19N2O6/c1-3-33-25(31)15-7-10-18(11-8-15)27-23(29)20-12-9-17(14-21(20)24(27)30)22(28)16-5-4-6-19(13-16)26(2)32/h4-14H,3H2,1-2H3/q+1. The van der Waals surface area contributed by atoms with Crippen molar-refractivity contribution in [2.45, 2.75) is 6.92 Å². The first-order valence-electron chi connectivity index (χ1n) is 10.2. The van der Waals surface area contributed by atoms with Gasteiger partial charge >= 0.3 is 5.97 Å². The zero-order valence-corrected chi connectivity index (χ0v) is 17.9. The highest BCUT2D eigenvalue weighted by Crippen LogP contribution is 2.30. The Balaban J connectivity index is 1.63. The van der Waals surface area contributed by atoms with Crippen LogP contribution in [0.4, 0.5) is 11.4 Å². The van der Waals surface area contributed by atoms with Gasteiger partial charge in [0.25, 0.3) is 17.5 Å². The fourth-order valence-corrected chi connectivity index (χ4v) is 3.59. The van der Waals surface area contributed by atoms with Crippen LogP contribution in [0.25, 0.3) is 0 Å². The smallest absolute Gasteiger partial charge is 0.338 e. The van der Waals surface area contributed by atoms with E-state index in [0.29, 0.717) is 27.3 Å². The molecule has 0 unspecified atom stereocenters. The minimum Gasteiger partial charge on any atom is -0.462 e. The molecule has 0 bridgehead atoms. The number of benzene rings is 3. The van der Waals surface area contributed by atoms with E-state index >= 15 is 0 Å². The van der Waals surface area contributed by atoms with Gasteiger partial charge in [0.1, 0.15) is 0 Å². The van der Waals surface area contributed by atoms with Gasteiger partial charge in [0.2, 0.25) is 0 Å². The highest BCUT2D eigenvalue weighted by Gasteiger charge is 2.37. The lowest BCUT2D eigenvalue weighted by atomic mass is 9.99. The highest BCUT2D eigenvalue weighted by atomic mass is 16.5. The number of carbonyl (C=O) groups excluding carboxylic acids is 4. The first kappa shape index (κ1) is 21.8. The summed E-state index contributed by atoms with van der Waals surface area (Å²) in [5.74, 6) is -1.96. The summed E-state index contributed by atoms with van der Waals surface area (Å²) in [6.07, 6.45) is 0. The van der Waals surface area contributed by atoms with Crippen LogP contribution in [0.15, 0.2) is 66.7 Å². The van der Waals surface area contributed by atoms with Crippen molar-refractivity contribution in [3.63, 3.8) is 0 Å². The molecule has 0 saturated carbocycles. The van der Waals surface area contributed by atoms with Gasteiger partial charge in [0.05, 0.1) is 29.0 Å². The third-order valence-corrected chi connectivity index (χ3v) is 5.26. The number of fused-ring (bicyclic) bond motifs is 1. The molecule has 1 aliphatic rings. The number of esters is 1. The van der Waals surface area contributed by atoms with Crippen molar-refractivity contribution in [1.82, 2.24) is 0 Å². The number of carbonyl (C=O) groups is 4. The van der Waals surface area contributed by atoms with Crippen LogP contribution in [0.1, 0.15) is 53.9 Å². The average Bonchev–Trinajstić information content (AvgIpc) is 3.08. The van der Waals surface area contributed by atoms with Crippen LogP contribution in [0, 0.1) is 4.91 Å². The quantitative estimate of drug-likeness (QED) is 0.248. The number of hydrogen-bond acceptors (Lipinski definition) is 6. The van der Waals surface area contributed by atoms with E-state index in [1.54, 1.807) is 25.1 Å². The monoisotopic (exact) mass is 443 g/mol. The Labute approximate surface area is 189 Å². The molecule has 2 amide bonds. The molecule has 3 aromatic carbocycles. The van der Waals surface area contributed by atoms with Crippen LogP contribution in [0.3, 0.4) is 0 Å². The Morgan fingerprint density at radius 3 is 2.15 bits per heavy atom. The van der Waals surface area contributed by atoms with Crippen molar-refractivity contribution < 1.29 is 28.7 Å². The van der Waals surface area contributed by atoms with E-state index in [1.165, 1.54) is 55.6 Å². The molecule has 4 rings (SSSR count). The molecule has 0 N–H and O–H groups in total. The van der Waals surface area contributed by atoms with Crippen molar-refractivity contribution >= 4 is 34.9 Å². The average molecular weight is 443 g/mol. The highest BCUT2D eigenvalue weighted by molar-refractivity contribution is 6.35. The van der Waals surface area contributed by atoms with Gasteiger partial charge in [-0.2, -0.15) is 0 Å². The SMILES string of the molecule is CCOC(=O)c1ccc(N2C(=O)c3ccc(C(=O)c4cccc([N+](C)=O)c4)cc3C2=O)cc1. The molecule has 3 aromatic rings. The van der Waals surface area contributed by atoms with Crippen LogP contribution in [0.5, 0.6) is 0 Å². The zero-order chi connectivity index (χ0) is 23.7. The van der Waals surface area contributed by atoms with Gasteiger partial charge in [-0.15, -0.1) is 0 Å². The van der Waals surface area contributed by atoms with Crippen LogP contribution in [-0.2, 0) is 4.74 Å². The third kappa shape index (κ3) is 3.94. The molecule has 0 aromatic heterocycles. The lowest BCUT2D eigenvalue weighted by molar-refractivity contribution is -0.428. The molecule has 0 saturated heterocycles. The normalized spacial score (nSPS) is 12.5. The number of imide groups is 1. The van der Waals surface area contributed by atoms with Crippen molar-refractivity contribution in [2.75, 3.05) is 18.6 Å². The van der Waals surface area contributed by atoms with Gasteiger partial charge in [0, 0.05) is 32.9 Å². The van der Waals surface area contributed by atoms with Crippen molar-refractivity contribution in [2.24, 2.45) is 0 Å². The molecule has 0 spiro atoms. The van der Waals surface area contributed by atoms with Crippen molar-refractivity contribution in [3.8, 4) is 0 Å². The minimum absolute atomic E-state index is 0.109. The first-order valence-corrected chi connectivity index (χ1v) is 10.2. The van der Waals surface area contributed by atoms with Crippen LogP contribution < -0.4 is 4.90 Å². The van der Waals surface area contributed by atoms with Gasteiger partial charge in [-0.1, -0.05) is 18.2 Å². The van der Waals surface area contributed by atoms with E-state index in [2.05, 4.69) is 0 Å². The molecular weight excluding hydrogens is 424 g/mol. The molecule has 0 radical (unpaired) electrons. The summed E-state index contributed by atoms with van der Waals surface area (Å²) in [7, 11) is 1.33. The van der Waals surface area contributed by atoms with E-state index in [0.717, 1.165) is 4.90 Å².